The highest BCUT2D eigenvalue weighted by Gasteiger charge is 2.11. The fourth-order valence-electron chi connectivity index (χ4n) is 2.09. The van der Waals surface area contributed by atoms with Gasteiger partial charge in [-0.1, -0.05) is 31.2 Å². The number of anilines is 1. The average Bonchev–Trinajstić information content (AvgIpc) is 2.58. The number of carbonyl (C=O) groups excluding carboxylic acids is 1. The van der Waals surface area contributed by atoms with Crippen molar-refractivity contribution in [1.82, 2.24) is 5.32 Å². The van der Waals surface area contributed by atoms with Crippen LogP contribution in [0.5, 0.6) is 5.75 Å². The van der Waals surface area contributed by atoms with Crippen LogP contribution in [0.2, 0.25) is 0 Å². The Labute approximate surface area is 153 Å². The van der Waals surface area contributed by atoms with Crippen molar-refractivity contribution in [3.63, 3.8) is 0 Å². The number of thioether (sulfide) groups is 1. The minimum atomic E-state index is -0.128. The number of benzene rings is 2. The van der Waals surface area contributed by atoms with Gasteiger partial charge in [-0.15, -0.1) is 24.2 Å². The summed E-state index contributed by atoms with van der Waals surface area (Å²) in [7, 11) is 1.67. The molecule has 6 heteroatoms. The molecule has 0 aromatic heterocycles. The lowest BCUT2D eigenvalue weighted by Gasteiger charge is -2.14. The highest BCUT2D eigenvalue weighted by molar-refractivity contribution is 7.99. The fraction of sp³-hybridized carbons (Fsp3) is 0.278. The molecule has 1 unspecified atom stereocenters. The molecule has 0 aliphatic heterocycles. The summed E-state index contributed by atoms with van der Waals surface area (Å²) in [5, 5.41) is 2.94. The van der Waals surface area contributed by atoms with E-state index in [9.17, 15) is 4.79 Å². The number of amides is 1. The molecule has 0 aliphatic rings. The molecule has 2 aromatic rings. The van der Waals surface area contributed by atoms with Gasteiger partial charge in [0, 0.05) is 22.9 Å². The van der Waals surface area contributed by atoms with Crippen LogP contribution in [0.25, 0.3) is 0 Å². The van der Waals surface area contributed by atoms with Crippen molar-refractivity contribution < 1.29 is 9.53 Å². The van der Waals surface area contributed by atoms with Crippen LogP contribution in [0.3, 0.4) is 0 Å². The topological polar surface area (TPSA) is 64.3 Å². The number of halogens is 1. The number of carbonyl (C=O) groups is 1. The van der Waals surface area contributed by atoms with Gasteiger partial charge in [0.05, 0.1) is 12.7 Å². The largest absolute Gasteiger partial charge is 0.496 e. The van der Waals surface area contributed by atoms with E-state index in [1.807, 2.05) is 36.4 Å². The molecule has 2 rings (SSSR count). The van der Waals surface area contributed by atoms with Gasteiger partial charge in [-0.25, -0.2) is 0 Å². The molecule has 0 fully saturated rings. The van der Waals surface area contributed by atoms with Gasteiger partial charge in [0.2, 0.25) is 0 Å². The van der Waals surface area contributed by atoms with Gasteiger partial charge in [0.1, 0.15) is 5.75 Å². The van der Waals surface area contributed by atoms with Crippen molar-refractivity contribution >= 4 is 35.8 Å². The Morgan fingerprint density at radius 3 is 2.58 bits per heavy atom. The maximum absolute atomic E-state index is 12.1. The second-order valence-corrected chi connectivity index (χ2v) is 6.43. The molecule has 130 valence electrons. The molecule has 4 nitrogen and oxygen atoms in total. The third-order valence-corrected chi connectivity index (χ3v) is 4.79. The summed E-state index contributed by atoms with van der Waals surface area (Å²) in [6.07, 6.45) is 0. The third kappa shape index (κ3) is 5.65. The molecule has 1 atom stereocenters. The van der Waals surface area contributed by atoms with Crippen molar-refractivity contribution in [1.29, 1.82) is 0 Å². The molecule has 0 radical (unpaired) electrons. The van der Waals surface area contributed by atoms with Crippen LogP contribution in [0.15, 0.2) is 53.4 Å². The Hall–Kier alpha value is -1.85. The van der Waals surface area contributed by atoms with Crippen molar-refractivity contribution in [2.45, 2.75) is 11.8 Å². The lowest BCUT2D eigenvalue weighted by atomic mass is 10.1. The van der Waals surface area contributed by atoms with Gasteiger partial charge in [0.25, 0.3) is 5.91 Å². The number of methoxy groups -OCH3 is 1. The first-order valence-corrected chi connectivity index (χ1v) is 8.49. The van der Waals surface area contributed by atoms with Gasteiger partial charge in [-0.05, 0) is 30.2 Å². The van der Waals surface area contributed by atoms with E-state index in [2.05, 4.69) is 12.2 Å². The minimum absolute atomic E-state index is 0. The number of rotatable bonds is 7. The van der Waals surface area contributed by atoms with Crippen LogP contribution >= 0.6 is 24.2 Å². The highest BCUT2D eigenvalue weighted by Crippen LogP contribution is 2.29. The van der Waals surface area contributed by atoms with E-state index in [0.717, 1.165) is 16.4 Å². The summed E-state index contributed by atoms with van der Waals surface area (Å²) in [5.74, 6) is 1.98. The Morgan fingerprint density at radius 1 is 1.21 bits per heavy atom. The SMILES string of the molecule is COc1ccccc1SCC(C)CNC(=O)c1ccccc1N.Cl. The van der Waals surface area contributed by atoms with Crippen LogP contribution in [0.1, 0.15) is 17.3 Å². The number of hydrogen-bond donors (Lipinski definition) is 2. The number of nitrogens with one attached hydrogen (secondary N) is 1. The summed E-state index contributed by atoms with van der Waals surface area (Å²) < 4.78 is 5.34. The van der Waals surface area contributed by atoms with Crippen LogP contribution < -0.4 is 15.8 Å². The number of ether oxygens (including phenoxy) is 1. The Balaban J connectivity index is 0.00000288. The van der Waals surface area contributed by atoms with Crippen molar-refractivity contribution in [2.75, 3.05) is 25.1 Å². The summed E-state index contributed by atoms with van der Waals surface area (Å²) in [6, 6.07) is 15.0. The van der Waals surface area contributed by atoms with E-state index in [1.54, 1.807) is 31.0 Å². The van der Waals surface area contributed by atoms with E-state index in [1.165, 1.54) is 0 Å². The molecule has 0 spiro atoms. The smallest absolute Gasteiger partial charge is 0.253 e. The molecule has 24 heavy (non-hydrogen) atoms. The first-order chi connectivity index (χ1) is 11.1. The zero-order valence-electron chi connectivity index (χ0n) is 13.8. The summed E-state index contributed by atoms with van der Waals surface area (Å²) in [5.41, 5.74) is 6.84. The maximum Gasteiger partial charge on any atom is 0.253 e. The van der Waals surface area contributed by atoms with Crippen molar-refractivity contribution in [3.05, 3.63) is 54.1 Å². The first kappa shape index (κ1) is 20.2. The molecule has 0 bridgehead atoms. The standard InChI is InChI=1S/C18H22N2O2S.ClH/c1-13(12-23-17-10-6-5-9-16(17)22-2)11-20-18(21)14-7-3-4-8-15(14)19;/h3-10,13H,11-12,19H2,1-2H3,(H,20,21);1H. The molecule has 0 heterocycles. The third-order valence-electron chi connectivity index (χ3n) is 3.41. The number of para-hydroxylation sites is 2. The molecular formula is C18H23ClN2O2S. The fourth-order valence-corrected chi connectivity index (χ4v) is 3.15. The van der Waals surface area contributed by atoms with Crippen molar-refractivity contribution in [2.24, 2.45) is 5.92 Å². The molecular weight excluding hydrogens is 344 g/mol. The molecule has 2 aromatic carbocycles. The Morgan fingerprint density at radius 2 is 1.88 bits per heavy atom. The monoisotopic (exact) mass is 366 g/mol. The molecule has 0 aliphatic carbocycles. The Bertz CT molecular complexity index is 667. The predicted molar refractivity (Wildman–Crippen MR) is 103 cm³/mol. The van der Waals surface area contributed by atoms with E-state index in [0.29, 0.717) is 23.7 Å². The van der Waals surface area contributed by atoms with Gasteiger partial charge in [0.15, 0.2) is 0 Å². The lowest BCUT2D eigenvalue weighted by molar-refractivity contribution is 0.0950. The van der Waals surface area contributed by atoms with Crippen LogP contribution in [-0.2, 0) is 0 Å². The summed E-state index contributed by atoms with van der Waals surface area (Å²) >= 11 is 1.73. The molecule has 1 amide bonds. The normalized spacial score (nSPS) is 11.2. The van der Waals surface area contributed by atoms with E-state index >= 15 is 0 Å². The second-order valence-electron chi connectivity index (χ2n) is 5.36. The summed E-state index contributed by atoms with van der Waals surface area (Å²) in [4.78, 5) is 13.2. The van der Waals surface area contributed by atoms with Crippen LogP contribution in [0, 0.1) is 5.92 Å². The zero-order chi connectivity index (χ0) is 16.7. The second kappa shape index (κ2) is 10.1. The van der Waals surface area contributed by atoms with E-state index in [-0.39, 0.29) is 18.3 Å². The molecule has 0 saturated heterocycles. The van der Waals surface area contributed by atoms with E-state index in [4.69, 9.17) is 10.5 Å². The van der Waals surface area contributed by atoms with Crippen molar-refractivity contribution in [3.8, 4) is 5.75 Å². The highest BCUT2D eigenvalue weighted by atomic mass is 35.5. The number of nitrogen functional groups attached to an aromatic ring is 1. The lowest BCUT2D eigenvalue weighted by Crippen LogP contribution is -2.29. The predicted octanol–water partition coefficient (Wildman–Crippen LogP) is 3.86. The zero-order valence-corrected chi connectivity index (χ0v) is 15.5. The number of nitrogens with two attached hydrogens (primary N) is 1. The van der Waals surface area contributed by atoms with Gasteiger partial charge in [-0.3, -0.25) is 4.79 Å². The van der Waals surface area contributed by atoms with Gasteiger partial charge < -0.3 is 15.8 Å². The Kier molecular flexibility index (Phi) is 8.50. The molecule has 0 saturated carbocycles. The maximum atomic E-state index is 12.1. The quantitative estimate of drug-likeness (QED) is 0.577. The minimum Gasteiger partial charge on any atom is -0.496 e. The number of hydrogen-bond acceptors (Lipinski definition) is 4. The molecule has 3 N–H and O–H groups in total. The van der Waals surface area contributed by atoms with E-state index < -0.39 is 0 Å². The average molecular weight is 367 g/mol. The van der Waals surface area contributed by atoms with Gasteiger partial charge >= 0.3 is 0 Å². The van der Waals surface area contributed by atoms with Gasteiger partial charge in [-0.2, -0.15) is 0 Å². The summed E-state index contributed by atoms with van der Waals surface area (Å²) in [6.45, 7) is 2.71. The van der Waals surface area contributed by atoms with Crippen LogP contribution in [0.4, 0.5) is 5.69 Å². The van der Waals surface area contributed by atoms with Crippen LogP contribution in [-0.4, -0.2) is 25.3 Å². The first-order valence-electron chi connectivity index (χ1n) is 7.50.